The quantitative estimate of drug-likeness (QED) is 0.560. The van der Waals surface area contributed by atoms with Crippen LogP contribution in [0.3, 0.4) is 0 Å². The zero-order valence-electron chi connectivity index (χ0n) is 17.3. The van der Waals surface area contributed by atoms with Crippen molar-refractivity contribution in [3.05, 3.63) is 64.4 Å². The Balaban J connectivity index is 1.93. The van der Waals surface area contributed by atoms with Gasteiger partial charge < -0.3 is 14.4 Å². The molecule has 1 fully saturated rings. The van der Waals surface area contributed by atoms with E-state index in [1.807, 2.05) is 0 Å². The first-order valence-corrected chi connectivity index (χ1v) is 11.5. The highest BCUT2D eigenvalue weighted by Gasteiger charge is 2.29. The number of hydrogen-bond acceptors (Lipinski definition) is 6. The number of rotatable bonds is 7. The monoisotopic (exact) mass is 484 g/mol. The summed E-state index contributed by atoms with van der Waals surface area (Å²) in [6.07, 6.45) is 0. The average Bonchev–Trinajstić information content (AvgIpc) is 2.80. The van der Waals surface area contributed by atoms with E-state index in [1.54, 1.807) is 24.3 Å². The van der Waals surface area contributed by atoms with E-state index in [0.717, 1.165) is 23.1 Å². The van der Waals surface area contributed by atoms with Crippen molar-refractivity contribution in [1.82, 2.24) is 9.21 Å². The third-order valence-electron chi connectivity index (χ3n) is 4.90. The van der Waals surface area contributed by atoms with E-state index in [-0.39, 0.29) is 37.7 Å². The molecule has 0 atom stereocenters. The van der Waals surface area contributed by atoms with Crippen LogP contribution < -0.4 is 0 Å². The van der Waals surface area contributed by atoms with Crippen molar-refractivity contribution in [3.63, 3.8) is 0 Å². The molecule has 32 heavy (non-hydrogen) atoms. The number of methoxy groups -OCH3 is 1. The fraction of sp³-hybridized carbons (Fsp3) is 0.333. The maximum Gasteiger partial charge on any atom is 0.325 e. The number of hydrogen-bond donors (Lipinski definition) is 0. The molecule has 1 aliphatic heterocycles. The first-order chi connectivity index (χ1) is 15.2. The molecule has 1 aliphatic rings. The number of morpholine rings is 1. The van der Waals surface area contributed by atoms with Crippen molar-refractivity contribution < 1.29 is 31.9 Å². The average molecular weight is 485 g/mol. The molecular weight excluding hydrogens is 463 g/mol. The Hall–Kier alpha value is -2.53. The van der Waals surface area contributed by atoms with Crippen molar-refractivity contribution in [3.8, 4) is 0 Å². The van der Waals surface area contributed by atoms with Gasteiger partial charge in [-0.1, -0.05) is 23.7 Å². The molecule has 172 valence electrons. The third kappa shape index (κ3) is 5.63. The predicted octanol–water partition coefficient (Wildman–Crippen LogP) is 2.32. The van der Waals surface area contributed by atoms with Crippen molar-refractivity contribution in [2.75, 3.05) is 40.0 Å². The zero-order valence-corrected chi connectivity index (χ0v) is 18.9. The molecular formula is C21H22ClFN2O6S. The zero-order chi connectivity index (χ0) is 23.3. The Kier molecular flexibility index (Phi) is 7.83. The molecule has 0 aromatic heterocycles. The van der Waals surface area contributed by atoms with E-state index in [4.69, 9.17) is 16.3 Å². The van der Waals surface area contributed by atoms with Crippen LogP contribution in [-0.2, 0) is 30.8 Å². The van der Waals surface area contributed by atoms with Gasteiger partial charge in [-0.2, -0.15) is 4.31 Å². The minimum absolute atomic E-state index is 0.0367. The number of halogens is 2. The van der Waals surface area contributed by atoms with Gasteiger partial charge in [0.05, 0.1) is 30.8 Å². The highest BCUT2D eigenvalue weighted by atomic mass is 35.5. The molecule has 0 spiro atoms. The van der Waals surface area contributed by atoms with Gasteiger partial charge in [0, 0.05) is 24.7 Å². The molecule has 11 heteroatoms. The van der Waals surface area contributed by atoms with Crippen LogP contribution in [0.2, 0.25) is 5.02 Å². The van der Waals surface area contributed by atoms with Gasteiger partial charge in [-0.15, -0.1) is 0 Å². The van der Waals surface area contributed by atoms with Crippen LogP contribution >= 0.6 is 11.6 Å². The normalized spacial score (nSPS) is 14.7. The number of carbonyl (C=O) groups excluding carboxylic acids is 2. The Morgan fingerprint density at radius 1 is 1.16 bits per heavy atom. The summed E-state index contributed by atoms with van der Waals surface area (Å²) in [5, 5.41) is 0.492. The largest absolute Gasteiger partial charge is 0.468 e. The van der Waals surface area contributed by atoms with Crippen LogP contribution in [0, 0.1) is 5.82 Å². The topological polar surface area (TPSA) is 93.2 Å². The van der Waals surface area contributed by atoms with Gasteiger partial charge in [0.25, 0.3) is 5.91 Å². The standard InChI is InChI=1S/C21H22ClFN2O6S/c1-30-20(26)14-24(13-15-2-4-16(22)5-3-15)21(27)18-12-17(6-7-19(18)23)32(28,29)25-8-10-31-11-9-25/h2-7,12H,8-11,13-14H2,1H3. The lowest BCUT2D eigenvalue weighted by atomic mass is 10.1. The molecule has 0 saturated carbocycles. The van der Waals surface area contributed by atoms with E-state index in [2.05, 4.69) is 4.74 Å². The molecule has 0 aliphatic carbocycles. The molecule has 3 rings (SSSR count). The lowest BCUT2D eigenvalue weighted by molar-refractivity contribution is -0.141. The van der Waals surface area contributed by atoms with Gasteiger partial charge >= 0.3 is 5.97 Å². The maximum atomic E-state index is 14.6. The van der Waals surface area contributed by atoms with Gasteiger partial charge in [-0.25, -0.2) is 12.8 Å². The number of benzene rings is 2. The molecule has 0 bridgehead atoms. The Labute approximate surface area is 190 Å². The van der Waals surface area contributed by atoms with Crippen LogP contribution in [0.5, 0.6) is 0 Å². The second kappa shape index (κ2) is 10.4. The summed E-state index contributed by atoms with van der Waals surface area (Å²) >= 11 is 5.89. The van der Waals surface area contributed by atoms with Crippen molar-refractivity contribution in [1.29, 1.82) is 0 Å². The van der Waals surface area contributed by atoms with Crippen molar-refractivity contribution >= 4 is 33.5 Å². The highest BCUT2D eigenvalue weighted by molar-refractivity contribution is 7.89. The number of sulfonamides is 1. The predicted molar refractivity (Wildman–Crippen MR) is 114 cm³/mol. The maximum absolute atomic E-state index is 14.6. The van der Waals surface area contributed by atoms with Crippen molar-refractivity contribution in [2.45, 2.75) is 11.4 Å². The first-order valence-electron chi connectivity index (χ1n) is 9.70. The summed E-state index contributed by atoms with van der Waals surface area (Å²) in [7, 11) is -2.77. The molecule has 1 amide bonds. The third-order valence-corrected chi connectivity index (χ3v) is 7.04. The molecule has 0 radical (unpaired) electrons. The van der Waals surface area contributed by atoms with E-state index in [9.17, 15) is 22.4 Å². The second-order valence-electron chi connectivity index (χ2n) is 7.02. The van der Waals surface area contributed by atoms with E-state index in [0.29, 0.717) is 10.6 Å². The summed E-state index contributed by atoms with van der Waals surface area (Å²) in [4.78, 5) is 25.9. The van der Waals surface area contributed by atoms with Crippen LogP contribution in [-0.4, -0.2) is 69.5 Å². The number of carbonyl (C=O) groups is 2. The van der Waals surface area contributed by atoms with Gasteiger partial charge in [-0.3, -0.25) is 9.59 Å². The molecule has 2 aromatic rings. The number of ether oxygens (including phenoxy) is 2. The molecule has 8 nitrogen and oxygen atoms in total. The molecule has 2 aromatic carbocycles. The highest BCUT2D eigenvalue weighted by Crippen LogP contribution is 2.22. The number of amides is 1. The summed E-state index contributed by atoms with van der Waals surface area (Å²) < 4.78 is 51.5. The first kappa shape index (κ1) is 24.1. The van der Waals surface area contributed by atoms with Crippen LogP contribution in [0.15, 0.2) is 47.4 Å². The summed E-state index contributed by atoms with van der Waals surface area (Å²) in [6.45, 7) is 0.339. The Bertz CT molecular complexity index is 1090. The van der Waals surface area contributed by atoms with Gasteiger partial charge in [-0.05, 0) is 35.9 Å². The molecule has 1 saturated heterocycles. The van der Waals surface area contributed by atoms with Gasteiger partial charge in [0.1, 0.15) is 12.4 Å². The minimum atomic E-state index is -3.94. The van der Waals surface area contributed by atoms with Gasteiger partial charge in [0.15, 0.2) is 0 Å². The fourth-order valence-corrected chi connectivity index (χ4v) is 4.73. The lowest BCUT2D eigenvalue weighted by Gasteiger charge is -2.26. The fourth-order valence-electron chi connectivity index (χ4n) is 3.17. The second-order valence-corrected chi connectivity index (χ2v) is 9.40. The number of esters is 1. The summed E-state index contributed by atoms with van der Waals surface area (Å²) in [6, 6.07) is 9.60. The lowest BCUT2D eigenvalue weighted by Crippen LogP contribution is -2.40. The molecule has 1 heterocycles. The Morgan fingerprint density at radius 2 is 1.81 bits per heavy atom. The van der Waals surface area contributed by atoms with Gasteiger partial charge in [0.2, 0.25) is 10.0 Å². The number of nitrogens with zero attached hydrogens (tertiary/aromatic N) is 2. The summed E-state index contributed by atoms with van der Waals surface area (Å²) in [5.74, 6) is -2.45. The minimum Gasteiger partial charge on any atom is -0.468 e. The van der Waals surface area contributed by atoms with Crippen molar-refractivity contribution in [2.24, 2.45) is 0 Å². The Morgan fingerprint density at radius 3 is 2.44 bits per heavy atom. The van der Waals surface area contributed by atoms with Crippen LogP contribution in [0.4, 0.5) is 4.39 Å². The molecule has 0 unspecified atom stereocenters. The van der Waals surface area contributed by atoms with E-state index < -0.39 is 39.8 Å². The molecule has 0 N–H and O–H groups in total. The van der Waals surface area contributed by atoms with E-state index >= 15 is 0 Å². The van der Waals surface area contributed by atoms with E-state index in [1.165, 1.54) is 11.4 Å². The van der Waals surface area contributed by atoms with Crippen LogP contribution in [0.1, 0.15) is 15.9 Å². The smallest absolute Gasteiger partial charge is 0.325 e. The summed E-state index contributed by atoms with van der Waals surface area (Å²) in [5.41, 5.74) is 0.182. The SMILES string of the molecule is COC(=O)CN(Cc1ccc(Cl)cc1)C(=O)c1cc(S(=O)(=O)N2CCOCC2)ccc1F. The van der Waals surface area contributed by atoms with Crippen LogP contribution in [0.25, 0.3) is 0 Å².